The predicted molar refractivity (Wildman–Crippen MR) is 81.1 cm³/mol. The van der Waals surface area contributed by atoms with Crippen LogP contribution in [0.5, 0.6) is 0 Å². The van der Waals surface area contributed by atoms with Gasteiger partial charge in [0.1, 0.15) is 0 Å². The Labute approximate surface area is 116 Å². The van der Waals surface area contributed by atoms with E-state index in [1.54, 1.807) is 0 Å². The average molecular weight is 269 g/mol. The lowest BCUT2D eigenvalue weighted by Crippen LogP contribution is -1.88. The molecule has 94 valence electrons. The van der Waals surface area contributed by atoms with Gasteiger partial charge in [0, 0.05) is 17.5 Å². The van der Waals surface area contributed by atoms with E-state index in [0.29, 0.717) is 0 Å². The Balaban J connectivity index is 2.06. The summed E-state index contributed by atoms with van der Waals surface area (Å²) in [6, 6.07) is 16.0. The van der Waals surface area contributed by atoms with Crippen LogP contribution in [0.15, 0.2) is 48.5 Å². The fourth-order valence-electron chi connectivity index (χ4n) is 2.13. The second-order valence-electron chi connectivity index (χ2n) is 4.41. The Morgan fingerprint density at radius 3 is 2.63 bits per heavy atom. The van der Waals surface area contributed by atoms with Crippen molar-refractivity contribution in [3.05, 3.63) is 64.8 Å². The smallest absolute Gasteiger partial charge is 0.0930 e. The first-order valence-corrected chi connectivity index (χ1v) is 6.47. The summed E-state index contributed by atoms with van der Waals surface area (Å²) in [7, 11) is 1.94. The number of hydrogen-bond donors (Lipinski definition) is 0. The predicted octanol–water partition coefficient (Wildman–Crippen LogP) is 4.40. The number of hydrogen-bond acceptors (Lipinski definition) is 1. The topological polar surface area (TPSA) is 17.8 Å². The number of halogens is 1. The Kier molecular flexibility index (Phi) is 3.10. The van der Waals surface area contributed by atoms with Crippen LogP contribution in [-0.2, 0) is 7.05 Å². The SMILES string of the molecule is Cn1nc(/C=C/c2ccccc2)c2cc(Cl)ccc21. The molecule has 3 aromatic rings. The van der Waals surface area contributed by atoms with Crippen LogP contribution in [0.2, 0.25) is 5.02 Å². The molecule has 1 heterocycles. The molecule has 0 radical (unpaired) electrons. The molecule has 19 heavy (non-hydrogen) atoms. The molecule has 2 nitrogen and oxygen atoms in total. The summed E-state index contributed by atoms with van der Waals surface area (Å²) in [6.45, 7) is 0. The van der Waals surface area contributed by atoms with E-state index in [9.17, 15) is 0 Å². The van der Waals surface area contributed by atoms with Crippen molar-refractivity contribution < 1.29 is 0 Å². The zero-order valence-corrected chi connectivity index (χ0v) is 11.3. The monoisotopic (exact) mass is 268 g/mol. The maximum absolute atomic E-state index is 6.06. The molecule has 0 aliphatic carbocycles. The maximum Gasteiger partial charge on any atom is 0.0930 e. The largest absolute Gasteiger partial charge is 0.267 e. The third-order valence-electron chi connectivity index (χ3n) is 3.07. The van der Waals surface area contributed by atoms with E-state index in [4.69, 9.17) is 11.6 Å². The third-order valence-corrected chi connectivity index (χ3v) is 3.31. The summed E-state index contributed by atoms with van der Waals surface area (Å²) in [4.78, 5) is 0. The van der Waals surface area contributed by atoms with Gasteiger partial charge in [0.25, 0.3) is 0 Å². The van der Waals surface area contributed by atoms with Crippen LogP contribution in [0.3, 0.4) is 0 Å². The maximum atomic E-state index is 6.06. The van der Waals surface area contributed by atoms with Crippen LogP contribution in [0.4, 0.5) is 0 Å². The normalized spacial score (nSPS) is 11.5. The molecule has 0 aliphatic rings. The van der Waals surface area contributed by atoms with Crippen LogP contribution < -0.4 is 0 Å². The molecule has 0 spiro atoms. The van der Waals surface area contributed by atoms with Crippen molar-refractivity contribution in [2.75, 3.05) is 0 Å². The molecule has 0 saturated carbocycles. The first-order valence-electron chi connectivity index (χ1n) is 6.09. The zero-order chi connectivity index (χ0) is 13.2. The number of aromatic nitrogens is 2. The van der Waals surface area contributed by atoms with Gasteiger partial charge >= 0.3 is 0 Å². The minimum absolute atomic E-state index is 0.731. The highest BCUT2D eigenvalue weighted by Crippen LogP contribution is 2.23. The van der Waals surface area contributed by atoms with E-state index in [2.05, 4.69) is 23.3 Å². The van der Waals surface area contributed by atoms with E-state index in [-0.39, 0.29) is 0 Å². The fraction of sp³-hybridized carbons (Fsp3) is 0.0625. The zero-order valence-electron chi connectivity index (χ0n) is 10.5. The lowest BCUT2D eigenvalue weighted by molar-refractivity contribution is 0.793. The summed E-state index contributed by atoms with van der Waals surface area (Å²) < 4.78 is 1.87. The minimum atomic E-state index is 0.731. The molecule has 3 heteroatoms. The molecule has 0 fully saturated rings. The number of nitrogens with zero attached hydrogens (tertiary/aromatic N) is 2. The summed E-state index contributed by atoms with van der Waals surface area (Å²) in [6.07, 6.45) is 4.08. The van der Waals surface area contributed by atoms with E-state index in [1.807, 2.05) is 54.2 Å². The number of rotatable bonds is 2. The van der Waals surface area contributed by atoms with E-state index >= 15 is 0 Å². The number of aryl methyl sites for hydroxylation is 1. The van der Waals surface area contributed by atoms with Crippen LogP contribution in [0.1, 0.15) is 11.3 Å². The van der Waals surface area contributed by atoms with Gasteiger partial charge in [-0.2, -0.15) is 5.10 Å². The van der Waals surface area contributed by atoms with Crippen molar-refractivity contribution in [2.24, 2.45) is 7.05 Å². The highest BCUT2D eigenvalue weighted by molar-refractivity contribution is 6.31. The van der Waals surface area contributed by atoms with Crippen molar-refractivity contribution in [2.45, 2.75) is 0 Å². The van der Waals surface area contributed by atoms with Crippen LogP contribution in [0, 0.1) is 0 Å². The van der Waals surface area contributed by atoms with Crippen molar-refractivity contribution in [3.8, 4) is 0 Å². The molecular formula is C16H13ClN2. The highest BCUT2D eigenvalue weighted by atomic mass is 35.5. The van der Waals surface area contributed by atoms with Gasteiger partial charge in [0.2, 0.25) is 0 Å². The van der Waals surface area contributed by atoms with Crippen molar-refractivity contribution >= 4 is 34.7 Å². The standard InChI is InChI=1S/C16H13ClN2/c1-19-16-10-8-13(17)11-14(16)15(18-19)9-7-12-5-3-2-4-6-12/h2-11H,1H3/b9-7+. The summed E-state index contributed by atoms with van der Waals surface area (Å²) in [5.74, 6) is 0. The lowest BCUT2D eigenvalue weighted by atomic mass is 10.1. The molecule has 0 aliphatic heterocycles. The van der Waals surface area contributed by atoms with Gasteiger partial charge in [0.15, 0.2) is 0 Å². The minimum Gasteiger partial charge on any atom is -0.267 e. The molecule has 0 bridgehead atoms. The van der Waals surface area contributed by atoms with E-state index in [0.717, 1.165) is 27.2 Å². The van der Waals surface area contributed by atoms with Gasteiger partial charge in [-0.25, -0.2) is 0 Å². The molecule has 1 aromatic heterocycles. The second-order valence-corrected chi connectivity index (χ2v) is 4.85. The fourth-order valence-corrected chi connectivity index (χ4v) is 2.30. The molecule has 0 atom stereocenters. The van der Waals surface area contributed by atoms with Gasteiger partial charge in [-0.15, -0.1) is 0 Å². The Hall–Kier alpha value is -2.06. The van der Waals surface area contributed by atoms with Crippen LogP contribution >= 0.6 is 11.6 Å². The van der Waals surface area contributed by atoms with Crippen molar-refractivity contribution in [3.63, 3.8) is 0 Å². The Morgan fingerprint density at radius 2 is 1.84 bits per heavy atom. The molecule has 0 saturated heterocycles. The highest BCUT2D eigenvalue weighted by Gasteiger charge is 2.06. The molecule has 2 aromatic carbocycles. The molecule has 0 N–H and O–H groups in total. The summed E-state index contributed by atoms with van der Waals surface area (Å²) >= 11 is 6.06. The number of fused-ring (bicyclic) bond motifs is 1. The molecule has 3 rings (SSSR count). The van der Waals surface area contributed by atoms with Crippen LogP contribution in [-0.4, -0.2) is 9.78 Å². The van der Waals surface area contributed by atoms with E-state index < -0.39 is 0 Å². The molecular weight excluding hydrogens is 256 g/mol. The Morgan fingerprint density at radius 1 is 1.05 bits per heavy atom. The van der Waals surface area contributed by atoms with Crippen molar-refractivity contribution in [1.29, 1.82) is 0 Å². The summed E-state index contributed by atoms with van der Waals surface area (Å²) in [5, 5.41) is 6.32. The molecule has 0 amide bonds. The van der Waals surface area contributed by atoms with Gasteiger partial charge in [-0.1, -0.05) is 48.0 Å². The second kappa shape index (κ2) is 4.90. The average Bonchev–Trinajstić information content (AvgIpc) is 2.74. The van der Waals surface area contributed by atoms with Crippen molar-refractivity contribution in [1.82, 2.24) is 9.78 Å². The van der Waals surface area contributed by atoms with Crippen LogP contribution in [0.25, 0.3) is 23.1 Å². The van der Waals surface area contributed by atoms with Gasteiger partial charge in [0.05, 0.1) is 11.2 Å². The molecule has 0 unspecified atom stereocenters. The summed E-state index contributed by atoms with van der Waals surface area (Å²) in [5.41, 5.74) is 3.17. The van der Waals surface area contributed by atoms with Gasteiger partial charge < -0.3 is 0 Å². The third kappa shape index (κ3) is 2.40. The van der Waals surface area contributed by atoms with E-state index in [1.165, 1.54) is 0 Å². The van der Waals surface area contributed by atoms with Gasteiger partial charge in [-0.05, 0) is 29.8 Å². The number of benzene rings is 2. The lowest BCUT2D eigenvalue weighted by Gasteiger charge is -1.93. The quantitative estimate of drug-likeness (QED) is 0.674. The Bertz CT molecular complexity index is 742. The first-order chi connectivity index (χ1) is 9.24. The van der Waals surface area contributed by atoms with Gasteiger partial charge in [-0.3, -0.25) is 4.68 Å². The first kappa shape index (κ1) is 12.0.